The standard InChI is InChI=1S/C23H29F3N2O/c1-3-28(4-2)20-9-5-17(6-10-20)22-13-14-27-15-18(22)16-29-21-11-7-19(8-12-21)23(24,25)26/h5-12,18,22,27H,3-4,13-16H2,1-2H3. The molecule has 158 valence electrons. The highest BCUT2D eigenvalue weighted by atomic mass is 19.4. The van der Waals surface area contributed by atoms with Gasteiger partial charge in [0.15, 0.2) is 0 Å². The fourth-order valence-electron chi connectivity index (χ4n) is 4.00. The zero-order valence-corrected chi connectivity index (χ0v) is 17.0. The predicted molar refractivity (Wildman–Crippen MR) is 111 cm³/mol. The molecule has 0 aromatic heterocycles. The Kier molecular flexibility index (Phi) is 7.06. The number of nitrogens with one attached hydrogen (secondary N) is 1. The number of alkyl halides is 3. The number of anilines is 1. The molecule has 0 spiro atoms. The van der Waals surface area contributed by atoms with E-state index >= 15 is 0 Å². The quantitative estimate of drug-likeness (QED) is 0.673. The van der Waals surface area contributed by atoms with Gasteiger partial charge >= 0.3 is 6.18 Å². The third kappa shape index (κ3) is 5.44. The van der Waals surface area contributed by atoms with Gasteiger partial charge in [-0.05, 0) is 74.7 Å². The van der Waals surface area contributed by atoms with Gasteiger partial charge in [0.05, 0.1) is 12.2 Å². The average molecular weight is 406 g/mol. The Morgan fingerprint density at radius 3 is 2.24 bits per heavy atom. The van der Waals surface area contributed by atoms with Crippen LogP contribution in [0.15, 0.2) is 48.5 Å². The lowest BCUT2D eigenvalue weighted by atomic mass is 9.81. The first kappa shape index (κ1) is 21.5. The lowest BCUT2D eigenvalue weighted by Crippen LogP contribution is -2.38. The van der Waals surface area contributed by atoms with E-state index in [9.17, 15) is 13.2 Å². The molecular weight excluding hydrogens is 377 g/mol. The first-order valence-electron chi connectivity index (χ1n) is 10.3. The van der Waals surface area contributed by atoms with Crippen LogP contribution in [0.3, 0.4) is 0 Å². The van der Waals surface area contributed by atoms with Gasteiger partial charge in [-0.2, -0.15) is 13.2 Å². The molecule has 2 aromatic rings. The van der Waals surface area contributed by atoms with Crippen molar-refractivity contribution in [2.24, 2.45) is 5.92 Å². The molecule has 3 nitrogen and oxygen atoms in total. The van der Waals surface area contributed by atoms with E-state index in [-0.39, 0.29) is 5.92 Å². The zero-order chi connectivity index (χ0) is 20.9. The van der Waals surface area contributed by atoms with Crippen molar-refractivity contribution in [2.45, 2.75) is 32.4 Å². The summed E-state index contributed by atoms with van der Waals surface area (Å²) in [4.78, 5) is 2.32. The summed E-state index contributed by atoms with van der Waals surface area (Å²) in [5, 5.41) is 3.41. The van der Waals surface area contributed by atoms with Crippen molar-refractivity contribution >= 4 is 5.69 Å². The van der Waals surface area contributed by atoms with E-state index in [1.165, 1.54) is 23.4 Å². The summed E-state index contributed by atoms with van der Waals surface area (Å²) in [5.74, 6) is 1.11. The Hall–Kier alpha value is -2.21. The molecule has 0 saturated carbocycles. The molecule has 1 N–H and O–H groups in total. The lowest BCUT2D eigenvalue weighted by molar-refractivity contribution is -0.137. The van der Waals surface area contributed by atoms with Gasteiger partial charge in [0, 0.05) is 31.2 Å². The summed E-state index contributed by atoms with van der Waals surface area (Å²) in [7, 11) is 0. The Bertz CT molecular complexity index is 755. The molecule has 0 aliphatic carbocycles. The maximum atomic E-state index is 12.7. The minimum atomic E-state index is -4.33. The SMILES string of the molecule is CCN(CC)c1ccc(C2CCNCC2COc2ccc(C(F)(F)F)cc2)cc1. The molecule has 0 radical (unpaired) electrons. The van der Waals surface area contributed by atoms with Crippen molar-refractivity contribution in [3.63, 3.8) is 0 Å². The molecule has 6 heteroatoms. The van der Waals surface area contributed by atoms with Crippen LogP contribution in [-0.4, -0.2) is 32.8 Å². The molecule has 2 unspecified atom stereocenters. The van der Waals surface area contributed by atoms with E-state index in [0.717, 1.165) is 44.7 Å². The van der Waals surface area contributed by atoms with Gasteiger partial charge in [-0.15, -0.1) is 0 Å². The van der Waals surface area contributed by atoms with Crippen molar-refractivity contribution in [3.8, 4) is 5.75 Å². The fourth-order valence-corrected chi connectivity index (χ4v) is 4.00. The van der Waals surface area contributed by atoms with Gasteiger partial charge in [0.2, 0.25) is 0 Å². The van der Waals surface area contributed by atoms with Crippen LogP contribution in [0.25, 0.3) is 0 Å². The normalized spacial score (nSPS) is 19.8. The monoisotopic (exact) mass is 406 g/mol. The van der Waals surface area contributed by atoms with Crippen molar-refractivity contribution in [3.05, 3.63) is 59.7 Å². The van der Waals surface area contributed by atoms with Crippen LogP contribution in [-0.2, 0) is 6.18 Å². The molecule has 29 heavy (non-hydrogen) atoms. The van der Waals surface area contributed by atoms with E-state index in [1.807, 2.05) is 0 Å². The van der Waals surface area contributed by atoms with Gasteiger partial charge in [-0.3, -0.25) is 0 Å². The first-order chi connectivity index (χ1) is 13.9. The van der Waals surface area contributed by atoms with Crippen molar-refractivity contribution in [1.82, 2.24) is 5.32 Å². The van der Waals surface area contributed by atoms with E-state index in [4.69, 9.17) is 4.74 Å². The molecule has 2 aromatic carbocycles. The van der Waals surface area contributed by atoms with E-state index in [2.05, 4.69) is 48.3 Å². The molecular formula is C23H29F3N2O. The van der Waals surface area contributed by atoms with Gasteiger partial charge in [0.25, 0.3) is 0 Å². The Morgan fingerprint density at radius 1 is 1.00 bits per heavy atom. The maximum absolute atomic E-state index is 12.7. The minimum Gasteiger partial charge on any atom is -0.493 e. The van der Waals surface area contributed by atoms with Crippen molar-refractivity contribution < 1.29 is 17.9 Å². The smallest absolute Gasteiger partial charge is 0.416 e. The lowest BCUT2D eigenvalue weighted by Gasteiger charge is -2.33. The molecule has 1 saturated heterocycles. The summed E-state index contributed by atoms with van der Waals surface area (Å²) in [5.41, 5.74) is 1.86. The highest BCUT2D eigenvalue weighted by Gasteiger charge is 2.30. The van der Waals surface area contributed by atoms with Crippen LogP contribution in [0.2, 0.25) is 0 Å². The predicted octanol–water partition coefficient (Wildman–Crippen LogP) is 5.32. The number of hydrogen-bond donors (Lipinski definition) is 1. The van der Waals surface area contributed by atoms with Gasteiger partial charge in [0.1, 0.15) is 5.75 Å². The van der Waals surface area contributed by atoms with Crippen molar-refractivity contribution in [2.75, 3.05) is 37.7 Å². The van der Waals surface area contributed by atoms with Crippen LogP contribution in [0, 0.1) is 5.92 Å². The van der Waals surface area contributed by atoms with Crippen LogP contribution in [0.5, 0.6) is 5.75 Å². The van der Waals surface area contributed by atoms with E-state index in [0.29, 0.717) is 18.3 Å². The molecule has 0 amide bonds. The third-order valence-electron chi connectivity index (χ3n) is 5.70. The number of benzene rings is 2. The highest BCUT2D eigenvalue weighted by Crippen LogP contribution is 2.33. The van der Waals surface area contributed by atoms with E-state index < -0.39 is 11.7 Å². The zero-order valence-electron chi connectivity index (χ0n) is 17.0. The average Bonchev–Trinajstić information content (AvgIpc) is 2.73. The largest absolute Gasteiger partial charge is 0.493 e. The van der Waals surface area contributed by atoms with Crippen LogP contribution in [0.4, 0.5) is 18.9 Å². The van der Waals surface area contributed by atoms with Crippen molar-refractivity contribution in [1.29, 1.82) is 0 Å². The summed E-state index contributed by atoms with van der Waals surface area (Å²) in [6.45, 7) is 8.53. The summed E-state index contributed by atoms with van der Waals surface area (Å²) < 4.78 is 44.0. The van der Waals surface area contributed by atoms with Crippen LogP contribution < -0.4 is 15.0 Å². The summed E-state index contributed by atoms with van der Waals surface area (Å²) in [6.07, 6.45) is -3.31. The molecule has 1 aliphatic rings. The third-order valence-corrected chi connectivity index (χ3v) is 5.70. The van der Waals surface area contributed by atoms with Crippen LogP contribution >= 0.6 is 0 Å². The molecule has 3 rings (SSSR count). The Labute approximate surface area is 170 Å². The topological polar surface area (TPSA) is 24.5 Å². The highest BCUT2D eigenvalue weighted by molar-refractivity contribution is 5.48. The summed E-state index contributed by atoms with van der Waals surface area (Å²) >= 11 is 0. The number of piperidine rings is 1. The molecule has 0 bridgehead atoms. The second-order valence-electron chi connectivity index (χ2n) is 7.46. The fraction of sp³-hybridized carbons (Fsp3) is 0.478. The number of ether oxygens (including phenoxy) is 1. The van der Waals surface area contributed by atoms with Crippen LogP contribution in [0.1, 0.15) is 37.3 Å². The summed E-state index contributed by atoms with van der Waals surface area (Å²) in [6, 6.07) is 13.7. The molecule has 1 aliphatic heterocycles. The minimum absolute atomic E-state index is 0.269. The van der Waals surface area contributed by atoms with Gasteiger partial charge in [-0.25, -0.2) is 0 Å². The molecule has 2 atom stereocenters. The first-order valence-corrected chi connectivity index (χ1v) is 10.3. The van der Waals surface area contributed by atoms with Gasteiger partial charge < -0.3 is 15.0 Å². The number of nitrogens with zero attached hydrogens (tertiary/aromatic N) is 1. The molecule has 1 fully saturated rings. The van der Waals surface area contributed by atoms with Gasteiger partial charge in [-0.1, -0.05) is 12.1 Å². The Morgan fingerprint density at radius 2 is 1.66 bits per heavy atom. The molecule has 1 heterocycles. The van der Waals surface area contributed by atoms with E-state index in [1.54, 1.807) is 0 Å². The number of hydrogen-bond acceptors (Lipinski definition) is 3. The number of rotatable bonds is 7. The second kappa shape index (κ2) is 9.53. The maximum Gasteiger partial charge on any atom is 0.416 e. The Balaban J connectivity index is 1.65. The number of halogens is 3. The second-order valence-corrected chi connectivity index (χ2v) is 7.46.